The molecule has 6 rings (SSSR count). The van der Waals surface area contributed by atoms with Gasteiger partial charge < -0.3 is 38.4 Å². The first-order chi connectivity index (χ1) is 24.6. The number of carbonyl (C=O) groups is 1. The van der Waals surface area contributed by atoms with E-state index in [4.69, 9.17) is 33.3 Å². The monoisotopic (exact) mass is 686 g/mol. The SMILES string of the molecule is O=C(O)ON1CC(OCCOC2CCCCO2)C(c2ccc(OCCCOCc3ccccc3)cc2)C(OCc2ccc3cccnc3c2)C1. The van der Waals surface area contributed by atoms with Crippen LogP contribution in [0.15, 0.2) is 91.1 Å². The van der Waals surface area contributed by atoms with E-state index in [1.165, 1.54) is 5.06 Å². The summed E-state index contributed by atoms with van der Waals surface area (Å²) in [5.74, 6) is 0.525. The lowest BCUT2D eigenvalue weighted by molar-refractivity contribution is -0.208. The molecule has 2 fully saturated rings. The Bertz CT molecular complexity index is 1600. The van der Waals surface area contributed by atoms with Crippen molar-refractivity contribution in [2.24, 2.45) is 0 Å². The highest BCUT2D eigenvalue weighted by Crippen LogP contribution is 2.35. The Hall–Kier alpha value is -4.10. The molecule has 266 valence electrons. The fraction of sp³-hybridized carbons (Fsp3) is 0.436. The third-order valence-electron chi connectivity index (χ3n) is 8.85. The van der Waals surface area contributed by atoms with Gasteiger partial charge >= 0.3 is 6.16 Å². The number of hydrogen-bond acceptors (Lipinski definition) is 10. The molecule has 11 nitrogen and oxygen atoms in total. The number of hydroxylamine groups is 2. The molecule has 3 aromatic carbocycles. The topological polar surface area (TPSA) is 118 Å². The average Bonchev–Trinajstić information content (AvgIpc) is 3.15. The number of benzene rings is 3. The van der Waals surface area contributed by atoms with E-state index in [9.17, 15) is 9.90 Å². The van der Waals surface area contributed by atoms with Crippen molar-refractivity contribution >= 4 is 17.1 Å². The molecule has 4 atom stereocenters. The Morgan fingerprint density at radius 1 is 0.820 bits per heavy atom. The lowest BCUT2D eigenvalue weighted by atomic mass is 9.85. The van der Waals surface area contributed by atoms with Gasteiger partial charge in [-0.15, -0.1) is 5.06 Å². The minimum atomic E-state index is -1.38. The second-order valence-corrected chi connectivity index (χ2v) is 12.5. The molecule has 2 aliphatic rings. The van der Waals surface area contributed by atoms with Gasteiger partial charge in [0.1, 0.15) is 5.75 Å². The fourth-order valence-electron chi connectivity index (χ4n) is 6.40. The molecule has 50 heavy (non-hydrogen) atoms. The van der Waals surface area contributed by atoms with E-state index in [0.717, 1.165) is 59.0 Å². The van der Waals surface area contributed by atoms with Crippen molar-refractivity contribution in [2.75, 3.05) is 46.1 Å². The number of carboxylic acid groups (broad SMARTS) is 1. The number of hydrogen-bond donors (Lipinski definition) is 1. The molecule has 3 heterocycles. The predicted octanol–water partition coefficient (Wildman–Crippen LogP) is 6.74. The summed E-state index contributed by atoms with van der Waals surface area (Å²) in [7, 11) is 0. The summed E-state index contributed by atoms with van der Waals surface area (Å²) in [5.41, 5.74) is 3.98. The Labute approximate surface area is 292 Å². The number of aromatic nitrogens is 1. The first kappa shape index (κ1) is 35.7. The molecule has 0 saturated carbocycles. The van der Waals surface area contributed by atoms with Crippen LogP contribution in [0.25, 0.3) is 10.9 Å². The number of fused-ring (bicyclic) bond motifs is 1. The fourth-order valence-corrected chi connectivity index (χ4v) is 6.40. The quantitative estimate of drug-likeness (QED) is 0.119. The van der Waals surface area contributed by atoms with Gasteiger partial charge in [0.15, 0.2) is 6.29 Å². The second-order valence-electron chi connectivity index (χ2n) is 12.5. The summed E-state index contributed by atoms with van der Waals surface area (Å²) in [5, 5.41) is 11.9. The lowest BCUT2D eigenvalue weighted by Crippen LogP contribution is -2.53. The molecule has 1 N–H and O–H groups in total. The van der Waals surface area contributed by atoms with E-state index < -0.39 is 18.4 Å². The van der Waals surface area contributed by atoms with Crippen LogP contribution in [-0.2, 0) is 41.7 Å². The van der Waals surface area contributed by atoms with Gasteiger partial charge in [0.25, 0.3) is 0 Å². The van der Waals surface area contributed by atoms with E-state index in [-0.39, 0.29) is 25.3 Å². The zero-order valence-electron chi connectivity index (χ0n) is 28.3. The predicted molar refractivity (Wildman–Crippen MR) is 186 cm³/mol. The first-order valence-corrected chi connectivity index (χ1v) is 17.4. The second kappa shape index (κ2) is 18.8. The maximum Gasteiger partial charge on any atom is 0.525 e. The van der Waals surface area contributed by atoms with Gasteiger partial charge in [-0.2, -0.15) is 0 Å². The van der Waals surface area contributed by atoms with E-state index in [0.29, 0.717) is 46.2 Å². The highest BCUT2D eigenvalue weighted by Gasteiger charge is 2.41. The molecular formula is C39H46N2O9. The number of piperidine rings is 1. The van der Waals surface area contributed by atoms with Crippen LogP contribution in [-0.4, -0.2) is 85.9 Å². The van der Waals surface area contributed by atoms with Crippen molar-refractivity contribution in [1.82, 2.24) is 10.0 Å². The van der Waals surface area contributed by atoms with Crippen molar-refractivity contribution in [3.8, 4) is 5.75 Å². The molecular weight excluding hydrogens is 640 g/mol. The summed E-state index contributed by atoms with van der Waals surface area (Å²) < 4.78 is 36.4. The summed E-state index contributed by atoms with van der Waals surface area (Å²) in [4.78, 5) is 21.3. The van der Waals surface area contributed by atoms with Gasteiger partial charge in [0.05, 0.1) is 70.5 Å². The maximum absolute atomic E-state index is 11.6. The number of nitrogens with zero attached hydrogens (tertiary/aromatic N) is 2. The Morgan fingerprint density at radius 2 is 1.64 bits per heavy atom. The lowest BCUT2D eigenvalue weighted by Gasteiger charge is -2.42. The zero-order valence-corrected chi connectivity index (χ0v) is 28.3. The molecule has 1 aromatic heterocycles. The molecule has 4 aromatic rings. The van der Waals surface area contributed by atoms with Crippen LogP contribution >= 0.6 is 0 Å². The minimum absolute atomic E-state index is 0.225. The van der Waals surface area contributed by atoms with Crippen LogP contribution in [0.3, 0.4) is 0 Å². The summed E-state index contributed by atoms with van der Waals surface area (Å²) in [6, 6.07) is 28.0. The standard InChI is InChI=1S/C39H46N2O9/c42-39(43)50-41-25-35(46-22-23-48-37-11-4-5-20-47-37)38(36(26-41)49-28-30-12-13-31-10-6-18-40-34(31)24-30)32-14-16-33(17-15-32)45-21-7-19-44-27-29-8-2-1-3-9-29/h1-3,6,8-10,12-18,24,35-38H,4-5,7,11,19-23,25-28H2,(H,42,43). The smallest absolute Gasteiger partial charge is 0.494 e. The molecule has 0 radical (unpaired) electrons. The van der Waals surface area contributed by atoms with Gasteiger partial charge in [-0.05, 0) is 60.2 Å². The largest absolute Gasteiger partial charge is 0.525 e. The van der Waals surface area contributed by atoms with Crippen LogP contribution < -0.4 is 4.74 Å². The molecule has 0 aliphatic carbocycles. The molecule has 0 spiro atoms. The van der Waals surface area contributed by atoms with Gasteiger partial charge in [0.2, 0.25) is 0 Å². The first-order valence-electron chi connectivity index (χ1n) is 17.4. The third-order valence-corrected chi connectivity index (χ3v) is 8.85. The number of ether oxygens (including phenoxy) is 6. The van der Waals surface area contributed by atoms with Gasteiger partial charge in [0, 0.05) is 30.5 Å². The van der Waals surface area contributed by atoms with Crippen LogP contribution in [0.1, 0.15) is 48.3 Å². The van der Waals surface area contributed by atoms with Gasteiger partial charge in [-0.3, -0.25) is 4.98 Å². The van der Waals surface area contributed by atoms with Crippen molar-refractivity contribution < 1.29 is 43.2 Å². The van der Waals surface area contributed by atoms with E-state index in [1.807, 2.05) is 84.9 Å². The Balaban J connectivity index is 1.11. The van der Waals surface area contributed by atoms with Gasteiger partial charge in [-0.25, -0.2) is 4.79 Å². The molecule has 11 heteroatoms. The molecule has 4 unspecified atom stereocenters. The van der Waals surface area contributed by atoms with Gasteiger partial charge in [-0.1, -0.05) is 60.7 Å². The third kappa shape index (κ3) is 10.7. The summed E-state index contributed by atoms with van der Waals surface area (Å²) >= 11 is 0. The number of pyridine rings is 1. The van der Waals surface area contributed by atoms with Crippen LogP contribution in [0.2, 0.25) is 0 Å². The van der Waals surface area contributed by atoms with Crippen molar-refractivity contribution in [1.29, 1.82) is 0 Å². The van der Waals surface area contributed by atoms with Crippen molar-refractivity contribution in [3.05, 3.63) is 108 Å². The number of rotatable bonds is 17. The summed E-state index contributed by atoms with van der Waals surface area (Å²) in [6.07, 6.45) is 3.00. The van der Waals surface area contributed by atoms with E-state index >= 15 is 0 Å². The van der Waals surface area contributed by atoms with E-state index in [1.54, 1.807) is 6.20 Å². The van der Waals surface area contributed by atoms with Crippen LogP contribution in [0.4, 0.5) is 4.79 Å². The van der Waals surface area contributed by atoms with Crippen molar-refractivity contribution in [3.63, 3.8) is 0 Å². The zero-order chi connectivity index (χ0) is 34.4. The molecule has 0 bridgehead atoms. The Kier molecular flexibility index (Phi) is 13.4. The van der Waals surface area contributed by atoms with Crippen LogP contribution in [0, 0.1) is 0 Å². The van der Waals surface area contributed by atoms with E-state index in [2.05, 4.69) is 4.98 Å². The molecule has 2 aliphatic heterocycles. The summed E-state index contributed by atoms with van der Waals surface area (Å²) in [6.45, 7) is 3.84. The maximum atomic E-state index is 11.6. The average molecular weight is 687 g/mol. The highest BCUT2D eigenvalue weighted by molar-refractivity contribution is 5.78. The minimum Gasteiger partial charge on any atom is -0.494 e. The normalized spacial score (nSPS) is 21.2. The van der Waals surface area contributed by atoms with Crippen LogP contribution in [0.5, 0.6) is 5.75 Å². The molecule has 2 saturated heterocycles. The Morgan fingerprint density at radius 3 is 2.44 bits per heavy atom. The molecule has 0 amide bonds. The van der Waals surface area contributed by atoms with Crippen molar-refractivity contribution in [2.45, 2.75) is 63.3 Å². The highest BCUT2D eigenvalue weighted by atomic mass is 16.8.